The average molecular weight is 310 g/mol. The number of hydrogen-bond donors (Lipinski definition) is 2. The molecule has 0 fully saturated rings. The van der Waals surface area contributed by atoms with Crippen molar-refractivity contribution in [1.29, 1.82) is 0 Å². The highest BCUT2D eigenvalue weighted by molar-refractivity contribution is 5.84. The maximum absolute atomic E-state index is 13.5. The molecule has 0 radical (unpaired) electrons. The van der Waals surface area contributed by atoms with Crippen LogP contribution in [0.4, 0.5) is 4.39 Å². The number of H-pyrrole nitrogens is 1. The predicted molar refractivity (Wildman–Crippen MR) is 89.9 cm³/mol. The van der Waals surface area contributed by atoms with Crippen molar-refractivity contribution in [2.24, 2.45) is 0 Å². The molecule has 0 bridgehead atoms. The summed E-state index contributed by atoms with van der Waals surface area (Å²) in [6.07, 6.45) is 0.818. The molecule has 0 saturated heterocycles. The molecule has 2 N–H and O–H groups in total. The highest BCUT2D eigenvalue weighted by Crippen LogP contribution is 2.21. The number of fused-ring (bicyclic) bond motifs is 1. The molecule has 3 nitrogen and oxygen atoms in total. The summed E-state index contributed by atoms with van der Waals surface area (Å²) in [5, 5.41) is 4.06. The maximum Gasteiger partial charge on any atom is 0.224 e. The third-order valence-corrected chi connectivity index (χ3v) is 4.03. The highest BCUT2D eigenvalue weighted by Gasteiger charge is 2.10. The smallest absolute Gasteiger partial charge is 0.224 e. The molecule has 3 rings (SSSR count). The normalized spacial score (nSPS) is 10.9. The quantitative estimate of drug-likeness (QED) is 0.744. The van der Waals surface area contributed by atoms with E-state index in [2.05, 4.69) is 16.4 Å². The van der Waals surface area contributed by atoms with Gasteiger partial charge in [-0.3, -0.25) is 4.79 Å². The van der Waals surface area contributed by atoms with Crippen molar-refractivity contribution in [2.45, 2.75) is 19.8 Å². The Labute approximate surface area is 134 Å². The van der Waals surface area contributed by atoms with Gasteiger partial charge in [0.25, 0.3) is 0 Å². The Morgan fingerprint density at radius 3 is 2.70 bits per heavy atom. The fraction of sp³-hybridized carbons (Fsp3) is 0.211. The average Bonchev–Trinajstić information content (AvgIpc) is 2.86. The van der Waals surface area contributed by atoms with Crippen molar-refractivity contribution in [3.8, 4) is 0 Å². The van der Waals surface area contributed by atoms with Crippen LogP contribution in [-0.4, -0.2) is 17.4 Å². The van der Waals surface area contributed by atoms with Gasteiger partial charge < -0.3 is 10.3 Å². The lowest BCUT2D eigenvalue weighted by atomic mass is 10.1. The topological polar surface area (TPSA) is 44.9 Å². The zero-order valence-corrected chi connectivity index (χ0v) is 13.0. The minimum atomic E-state index is -0.338. The predicted octanol–water partition coefficient (Wildman–Crippen LogP) is 3.52. The third kappa shape index (κ3) is 3.42. The molecule has 0 unspecified atom stereocenters. The van der Waals surface area contributed by atoms with Gasteiger partial charge in [0.1, 0.15) is 5.82 Å². The SMILES string of the molecule is Cc1[nH]c2ccccc2c1CCNC(=O)Cc1ccccc1F. The number of carbonyl (C=O) groups is 1. The monoisotopic (exact) mass is 310 g/mol. The van der Waals surface area contributed by atoms with E-state index >= 15 is 0 Å². The molecule has 4 heteroatoms. The highest BCUT2D eigenvalue weighted by atomic mass is 19.1. The second-order valence-electron chi connectivity index (χ2n) is 5.64. The first-order valence-corrected chi connectivity index (χ1v) is 7.71. The van der Waals surface area contributed by atoms with Crippen LogP contribution in [0.1, 0.15) is 16.8 Å². The number of hydrogen-bond acceptors (Lipinski definition) is 1. The van der Waals surface area contributed by atoms with Crippen LogP contribution in [-0.2, 0) is 17.6 Å². The first kappa shape index (κ1) is 15.3. The molecule has 0 aliphatic carbocycles. The molecule has 1 aromatic heterocycles. The Morgan fingerprint density at radius 1 is 1.13 bits per heavy atom. The molecule has 0 aliphatic heterocycles. The Hall–Kier alpha value is -2.62. The number of para-hydroxylation sites is 1. The number of carbonyl (C=O) groups excluding carboxylic acids is 1. The fourth-order valence-electron chi connectivity index (χ4n) is 2.86. The number of aromatic nitrogens is 1. The molecule has 1 heterocycles. The Kier molecular flexibility index (Phi) is 4.42. The van der Waals surface area contributed by atoms with Crippen LogP contribution in [0.15, 0.2) is 48.5 Å². The summed E-state index contributed by atoms with van der Waals surface area (Å²) in [6, 6.07) is 14.5. The minimum absolute atomic E-state index is 0.0690. The van der Waals surface area contributed by atoms with Gasteiger partial charge in [-0.1, -0.05) is 36.4 Å². The molecule has 2 aromatic carbocycles. The van der Waals surface area contributed by atoms with Gasteiger partial charge in [0, 0.05) is 23.1 Å². The second kappa shape index (κ2) is 6.65. The molecular weight excluding hydrogens is 291 g/mol. The van der Waals surface area contributed by atoms with Crippen molar-refractivity contribution in [2.75, 3.05) is 6.54 Å². The molecule has 3 aromatic rings. The number of rotatable bonds is 5. The lowest BCUT2D eigenvalue weighted by Crippen LogP contribution is -2.27. The van der Waals surface area contributed by atoms with Crippen molar-refractivity contribution in [1.82, 2.24) is 10.3 Å². The standard InChI is InChI=1S/C19H19FN2O/c1-13-15(16-7-3-5-9-18(16)22-13)10-11-21-19(23)12-14-6-2-4-8-17(14)20/h2-9,22H,10-12H2,1H3,(H,21,23). The molecule has 0 saturated carbocycles. The Morgan fingerprint density at radius 2 is 1.87 bits per heavy atom. The summed E-state index contributed by atoms with van der Waals surface area (Å²) in [7, 11) is 0. The summed E-state index contributed by atoms with van der Waals surface area (Å²) >= 11 is 0. The maximum atomic E-state index is 13.5. The van der Waals surface area contributed by atoms with Gasteiger partial charge in [-0.2, -0.15) is 0 Å². The summed E-state index contributed by atoms with van der Waals surface area (Å²) in [5.74, 6) is -0.497. The Balaban J connectivity index is 1.59. The van der Waals surface area contributed by atoms with Crippen LogP contribution in [0.25, 0.3) is 10.9 Å². The lowest BCUT2D eigenvalue weighted by Gasteiger charge is -2.06. The van der Waals surface area contributed by atoms with Crippen LogP contribution in [0, 0.1) is 12.7 Å². The van der Waals surface area contributed by atoms with E-state index in [0.29, 0.717) is 12.1 Å². The van der Waals surface area contributed by atoms with E-state index in [-0.39, 0.29) is 18.1 Å². The largest absolute Gasteiger partial charge is 0.358 e. The Bertz CT molecular complexity index is 838. The number of benzene rings is 2. The molecule has 118 valence electrons. The van der Waals surface area contributed by atoms with Gasteiger partial charge in [0.15, 0.2) is 0 Å². The first-order valence-electron chi connectivity index (χ1n) is 7.71. The molecule has 23 heavy (non-hydrogen) atoms. The number of amides is 1. The lowest BCUT2D eigenvalue weighted by molar-refractivity contribution is -0.120. The van der Waals surface area contributed by atoms with E-state index in [1.165, 1.54) is 17.0 Å². The van der Waals surface area contributed by atoms with Crippen LogP contribution in [0.5, 0.6) is 0 Å². The summed E-state index contributed by atoms with van der Waals surface area (Å²) in [4.78, 5) is 15.3. The van der Waals surface area contributed by atoms with E-state index in [9.17, 15) is 9.18 Å². The zero-order valence-electron chi connectivity index (χ0n) is 13.0. The molecule has 1 amide bonds. The number of aryl methyl sites for hydroxylation is 1. The van der Waals surface area contributed by atoms with Gasteiger partial charge in [0.2, 0.25) is 5.91 Å². The first-order chi connectivity index (χ1) is 11.1. The van der Waals surface area contributed by atoms with Gasteiger partial charge in [-0.05, 0) is 36.6 Å². The van der Waals surface area contributed by atoms with Crippen molar-refractivity contribution in [3.63, 3.8) is 0 Å². The van der Waals surface area contributed by atoms with Crippen LogP contribution >= 0.6 is 0 Å². The van der Waals surface area contributed by atoms with E-state index in [1.54, 1.807) is 18.2 Å². The van der Waals surface area contributed by atoms with E-state index in [4.69, 9.17) is 0 Å². The van der Waals surface area contributed by atoms with Gasteiger partial charge in [-0.15, -0.1) is 0 Å². The van der Waals surface area contributed by atoms with E-state index in [0.717, 1.165) is 17.6 Å². The summed E-state index contributed by atoms with van der Waals surface area (Å²) in [6.45, 7) is 2.58. The van der Waals surface area contributed by atoms with Gasteiger partial charge >= 0.3 is 0 Å². The number of aromatic amines is 1. The summed E-state index contributed by atoms with van der Waals surface area (Å²) in [5.41, 5.74) is 3.87. The van der Waals surface area contributed by atoms with Crippen LogP contribution in [0.3, 0.4) is 0 Å². The molecular formula is C19H19FN2O. The van der Waals surface area contributed by atoms with Crippen LogP contribution < -0.4 is 5.32 Å². The van der Waals surface area contributed by atoms with Gasteiger partial charge in [0.05, 0.1) is 6.42 Å². The minimum Gasteiger partial charge on any atom is -0.358 e. The number of halogens is 1. The van der Waals surface area contributed by atoms with E-state index < -0.39 is 0 Å². The van der Waals surface area contributed by atoms with Crippen molar-refractivity contribution < 1.29 is 9.18 Å². The molecule has 0 atom stereocenters. The van der Waals surface area contributed by atoms with Crippen LogP contribution in [0.2, 0.25) is 0 Å². The van der Waals surface area contributed by atoms with E-state index in [1.807, 2.05) is 25.1 Å². The number of nitrogens with one attached hydrogen (secondary N) is 2. The molecule has 0 spiro atoms. The van der Waals surface area contributed by atoms with Crippen molar-refractivity contribution >= 4 is 16.8 Å². The second-order valence-corrected chi connectivity index (χ2v) is 5.64. The zero-order chi connectivity index (χ0) is 16.2. The molecule has 0 aliphatic rings. The van der Waals surface area contributed by atoms with Crippen molar-refractivity contribution in [3.05, 3.63) is 71.2 Å². The van der Waals surface area contributed by atoms with Gasteiger partial charge in [-0.25, -0.2) is 4.39 Å². The summed E-state index contributed by atoms with van der Waals surface area (Å²) < 4.78 is 13.5. The fourth-order valence-corrected chi connectivity index (χ4v) is 2.86. The third-order valence-electron chi connectivity index (χ3n) is 4.03.